The normalized spacial score (nSPS) is 11.2. The van der Waals surface area contributed by atoms with Crippen LogP contribution in [-0.4, -0.2) is 11.0 Å². The molecule has 2 N–H and O–H groups in total. The Hall–Kier alpha value is -2.00. The Kier molecular flexibility index (Phi) is 4.24. The van der Waals surface area contributed by atoms with Crippen molar-refractivity contribution in [2.75, 3.05) is 5.32 Å². The maximum absolute atomic E-state index is 12.5. The largest absolute Gasteiger partial charge is 0.506 e. The number of phenols is 1. The van der Waals surface area contributed by atoms with E-state index in [2.05, 4.69) is 26.1 Å². The molecule has 0 saturated heterocycles. The van der Waals surface area contributed by atoms with Gasteiger partial charge < -0.3 is 10.4 Å². The maximum Gasteiger partial charge on any atom is 0.255 e. The molecule has 0 atom stereocenters. The average Bonchev–Trinajstić information content (AvgIpc) is 2.42. The zero-order chi connectivity index (χ0) is 15.6. The molecular formula is C17H18ClNO2. The van der Waals surface area contributed by atoms with Crippen molar-refractivity contribution in [2.24, 2.45) is 0 Å². The lowest BCUT2D eigenvalue weighted by atomic mass is 9.83. The third-order valence-corrected chi connectivity index (χ3v) is 3.50. The fourth-order valence-corrected chi connectivity index (χ4v) is 2.24. The van der Waals surface area contributed by atoms with Gasteiger partial charge in [-0.2, -0.15) is 0 Å². The molecule has 0 saturated carbocycles. The number of benzene rings is 2. The minimum Gasteiger partial charge on any atom is -0.506 e. The number of anilines is 1. The van der Waals surface area contributed by atoms with Crippen LogP contribution in [0.4, 0.5) is 5.69 Å². The standard InChI is InChI=1S/C17H18ClNO2/c1-17(2,3)13-7-5-4-6-12(13)16(21)19-11-8-9-14(18)15(20)10-11/h4-10,20H,1-3H3,(H,19,21). The first kappa shape index (κ1) is 15.4. The van der Waals surface area contributed by atoms with E-state index < -0.39 is 0 Å². The van der Waals surface area contributed by atoms with E-state index in [4.69, 9.17) is 11.6 Å². The van der Waals surface area contributed by atoms with Crippen molar-refractivity contribution < 1.29 is 9.90 Å². The summed E-state index contributed by atoms with van der Waals surface area (Å²) < 4.78 is 0. The predicted octanol–water partition coefficient (Wildman–Crippen LogP) is 4.60. The lowest BCUT2D eigenvalue weighted by molar-refractivity contribution is 0.102. The molecule has 2 rings (SSSR count). The van der Waals surface area contributed by atoms with E-state index in [1.54, 1.807) is 18.2 Å². The third kappa shape index (κ3) is 3.56. The van der Waals surface area contributed by atoms with Crippen LogP contribution in [0, 0.1) is 0 Å². The molecule has 0 unspecified atom stereocenters. The highest BCUT2D eigenvalue weighted by Gasteiger charge is 2.21. The fourth-order valence-electron chi connectivity index (χ4n) is 2.12. The van der Waals surface area contributed by atoms with Crippen molar-refractivity contribution in [3.05, 3.63) is 58.6 Å². The summed E-state index contributed by atoms with van der Waals surface area (Å²) in [5.41, 5.74) is 1.97. The molecular weight excluding hydrogens is 286 g/mol. The van der Waals surface area contributed by atoms with Crippen molar-refractivity contribution in [1.82, 2.24) is 0 Å². The lowest BCUT2D eigenvalue weighted by Gasteiger charge is -2.22. The van der Waals surface area contributed by atoms with E-state index >= 15 is 0 Å². The molecule has 0 radical (unpaired) electrons. The number of rotatable bonds is 2. The number of amides is 1. The molecule has 4 heteroatoms. The van der Waals surface area contributed by atoms with Crippen LogP contribution in [0.3, 0.4) is 0 Å². The quantitative estimate of drug-likeness (QED) is 0.852. The predicted molar refractivity (Wildman–Crippen MR) is 86.2 cm³/mol. The molecule has 0 aromatic heterocycles. The van der Waals surface area contributed by atoms with Gasteiger partial charge in [-0.25, -0.2) is 0 Å². The average molecular weight is 304 g/mol. The van der Waals surface area contributed by atoms with E-state index in [1.165, 1.54) is 6.07 Å². The molecule has 2 aromatic rings. The molecule has 110 valence electrons. The highest BCUT2D eigenvalue weighted by Crippen LogP contribution is 2.28. The van der Waals surface area contributed by atoms with Gasteiger partial charge in [0.25, 0.3) is 5.91 Å². The summed E-state index contributed by atoms with van der Waals surface area (Å²) in [5, 5.41) is 12.6. The SMILES string of the molecule is CC(C)(C)c1ccccc1C(=O)Nc1ccc(Cl)c(O)c1. The molecule has 1 amide bonds. The summed E-state index contributed by atoms with van der Waals surface area (Å²) >= 11 is 5.76. The van der Waals surface area contributed by atoms with Gasteiger partial charge in [0.15, 0.2) is 0 Å². The van der Waals surface area contributed by atoms with Crippen LogP contribution < -0.4 is 5.32 Å². The van der Waals surface area contributed by atoms with Gasteiger partial charge in [-0.1, -0.05) is 50.6 Å². The Balaban J connectivity index is 2.31. The summed E-state index contributed by atoms with van der Waals surface area (Å²) in [6.45, 7) is 6.19. The highest BCUT2D eigenvalue weighted by molar-refractivity contribution is 6.32. The minimum atomic E-state index is -0.206. The van der Waals surface area contributed by atoms with E-state index in [-0.39, 0.29) is 22.1 Å². The topological polar surface area (TPSA) is 49.3 Å². The number of halogens is 1. The number of carbonyl (C=O) groups excluding carboxylic acids is 1. The van der Waals surface area contributed by atoms with Gasteiger partial charge in [0.1, 0.15) is 5.75 Å². The Morgan fingerprint density at radius 1 is 1.14 bits per heavy atom. The van der Waals surface area contributed by atoms with E-state index in [9.17, 15) is 9.90 Å². The summed E-state index contributed by atoms with van der Waals surface area (Å²) in [5.74, 6) is -0.263. The summed E-state index contributed by atoms with van der Waals surface area (Å²) in [7, 11) is 0. The van der Waals surface area contributed by atoms with Crippen LogP contribution in [0.1, 0.15) is 36.7 Å². The monoisotopic (exact) mass is 303 g/mol. The van der Waals surface area contributed by atoms with Crippen LogP contribution >= 0.6 is 11.6 Å². The number of hydrogen-bond acceptors (Lipinski definition) is 2. The van der Waals surface area contributed by atoms with Crippen LogP contribution in [-0.2, 0) is 5.41 Å². The third-order valence-electron chi connectivity index (χ3n) is 3.18. The van der Waals surface area contributed by atoms with Gasteiger partial charge in [0.2, 0.25) is 0 Å². The lowest BCUT2D eigenvalue weighted by Crippen LogP contribution is -2.20. The first-order chi connectivity index (χ1) is 9.79. The molecule has 0 bridgehead atoms. The molecule has 0 aliphatic carbocycles. The second-order valence-corrected chi connectivity index (χ2v) is 6.32. The smallest absolute Gasteiger partial charge is 0.255 e. The second-order valence-electron chi connectivity index (χ2n) is 5.92. The molecule has 0 aliphatic rings. The number of nitrogens with one attached hydrogen (secondary N) is 1. The Bertz CT molecular complexity index is 675. The van der Waals surface area contributed by atoms with Crippen LogP contribution in [0.5, 0.6) is 5.75 Å². The summed E-state index contributed by atoms with van der Waals surface area (Å²) in [4.78, 5) is 12.5. The van der Waals surface area contributed by atoms with Gasteiger partial charge in [-0.05, 0) is 29.2 Å². The molecule has 0 aliphatic heterocycles. The van der Waals surface area contributed by atoms with Gasteiger partial charge in [-0.15, -0.1) is 0 Å². The molecule has 21 heavy (non-hydrogen) atoms. The van der Waals surface area contributed by atoms with Crippen LogP contribution in [0.15, 0.2) is 42.5 Å². The maximum atomic E-state index is 12.5. The van der Waals surface area contributed by atoms with Crippen molar-refractivity contribution in [3.8, 4) is 5.75 Å². The number of carbonyl (C=O) groups is 1. The molecule has 0 spiro atoms. The Morgan fingerprint density at radius 3 is 2.43 bits per heavy atom. The van der Waals surface area contributed by atoms with Crippen molar-refractivity contribution in [3.63, 3.8) is 0 Å². The summed E-state index contributed by atoms with van der Waals surface area (Å²) in [6, 6.07) is 12.1. The van der Waals surface area contributed by atoms with E-state index in [0.717, 1.165) is 5.56 Å². The van der Waals surface area contributed by atoms with E-state index in [1.807, 2.05) is 18.2 Å². The first-order valence-electron chi connectivity index (χ1n) is 6.68. The Labute approximate surface area is 129 Å². The molecule has 2 aromatic carbocycles. The first-order valence-corrected chi connectivity index (χ1v) is 7.06. The minimum absolute atomic E-state index is 0.0569. The fraction of sp³-hybridized carbons (Fsp3) is 0.235. The van der Waals surface area contributed by atoms with Gasteiger partial charge in [-0.3, -0.25) is 4.79 Å². The number of aromatic hydroxyl groups is 1. The second kappa shape index (κ2) is 5.78. The Morgan fingerprint density at radius 2 is 1.81 bits per heavy atom. The van der Waals surface area contributed by atoms with Crippen molar-refractivity contribution in [1.29, 1.82) is 0 Å². The van der Waals surface area contributed by atoms with Crippen LogP contribution in [0.25, 0.3) is 0 Å². The zero-order valence-corrected chi connectivity index (χ0v) is 13.0. The number of phenolic OH excluding ortho intramolecular Hbond substituents is 1. The van der Waals surface area contributed by atoms with Crippen molar-refractivity contribution in [2.45, 2.75) is 26.2 Å². The van der Waals surface area contributed by atoms with E-state index in [0.29, 0.717) is 11.3 Å². The van der Waals surface area contributed by atoms with Gasteiger partial charge >= 0.3 is 0 Å². The molecule has 0 heterocycles. The molecule has 0 fully saturated rings. The van der Waals surface area contributed by atoms with Crippen LogP contribution in [0.2, 0.25) is 5.02 Å². The van der Waals surface area contributed by atoms with Gasteiger partial charge in [0.05, 0.1) is 5.02 Å². The zero-order valence-electron chi connectivity index (χ0n) is 12.3. The highest BCUT2D eigenvalue weighted by atomic mass is 35.5. The van der Waals surface area contributed by atoms with Gasteiger partial charge in [0, 0.05) is 17.3 Å². The molecule has 3 nitrogen and oxygen atoms in total. The summed E-state index contributed by atoms with van der Waals surface area (Å²) in [6.07, 6.45) is 0. The van der Waals surface area contributed by atoms with Crippen molar-refractivity contribution >= 4 is 23.2 Å². The number of hydrogen-bond donors (Lipinski definition) is 2.